The van der Waals surface area contributed by atoms with Crippen molar-refractivity contribution in [3.8, 4) is 0 Å². The summed E-state index contributed by atoms with van der Waals surface area (Å²) < 4.78 is 5.44. The Labute approximate surface area is 171 Å². The van der Waals surface area contributed by atoms with Crippen molar-refractivity contribution in [2.75, 3.05) is 39.4 Å². The molecule has 1 saturated carbocycles. The molecule has 4 rings (SSSR count). The second kappa shape index (κ2) is 10.7. The predicted octanol–water partition coefficient (Wildman–Crippen LogP) is 0.645. The number of rotatable bonds is 4. The molecule has 1 aliphatic carbocycles. The smallest absolute Gasteiger partial charge is 0.290 e. The van der Waals surface area contributed by atoms with E-state index in [-0.39, 0.29) is 24.5 Å². The molecule has 3 fully saturated rings. The van der Waals surface area contributed by atoms with Crippen molar-refractivity contribution >= 4 is 12.4 Å². The Kier molecular flexibility index (Phi) is 7.97. The number of carboxylic acid groups (broad SMARTS) is 1. The van der Waals surface area contributed by atoms with Crippen molar-refractivity contribution in [1.29, 1.82) is 0 Å². The maximum atomic E-state index is 12.6. The summed E-state index contributed by atoms with van der Waals surface area (Å²) in [7, 11) is 0. The number of carbonyl (C=O) groups is 2. The van der Waals surface area contributed by atoms with Gasteiger partial charge in [-0.1, -0.05) is 0 Å². The summed E-state index contributed by atoms with van der Waals surface area (Å²) in [5, 5.41) is 17.5. The third-order valence-electron chi connectivity index (χ3n) is 6.35. The third kappa shape index (κ3) is 5.74. The number of amides is 1. The SMILES string of the molecule is O=C(CCc1ccncc1)N1C[C@H]2C[C@@H](N3CCOCC3)[C@H](O)C[C@H]2C1.O=CO. The van der Waals surface area contributed by atoms with E-state index in [0.29, 0.717) is 18.3 Å². The van der Waals surface area contributed by atoms with Crippen molar-refractivity contribution in [3.05, 3.63) is 30.1 Å². The fourth-order valence-corrected chi connectivity index (χ4v) is 4.87. The number of aryl methyl sites for hydroxylation is 1. The molecule has 8 nitrogen and oxygen atoms in total. The van der Waals surface area contributed by atoms with Crippen LogP contribution in [0.4, 0.5) is 0 Å². The first kappa shape index (κ1) is 21.7. The van der Waals surface area contributed by atoms with E-state index in [0.717, 1.165) is 64.2 Å². The number of aliphatic hydroxyl groups excluding tert-OH is 1. The lowest BCUT2D eigenvalue weighted by Crippen LogP contribution is -2.53. The first-order valence-corrected chi connectivity index (χ1v) is 10.4. The number of carbonyl (C=O) groups excluding carboxylic acids is 1. The Morgan fingerprint density at radius 3 is 2.45 bits per heavy atom. The van der Waals surface area contributed by atoms with Gasteiger partial charge in [-0.15, -0.1) is 0 Å². The average Bonchev–Trinajstić information content (AvgIpc) is 3.16. The predicted molar refractivity (Wildman–Crippen MR) is 106 cm³/mol. The van der Waals surface area contributed by atoms with Crippen LogP contribution in [0.3, 0.4) is 0 Å². The molecular formula is C21H31N3O5. The minimum atomic E-state index is -0.277. The topological polar surface area (TPSA) is 103 Å². The minimum Gasteiger partial charge on any atom is -0.483 e. The normalized spacial score (nSPS) is 29.5. The number of morpholine rings is 1. The fourth-order valence-electron chi connectivity index (χ4n) is 4.87. The maximum Gasteiger partial charge on any atom is 0.290 e. The Bertz CT molecular complexity index is 653. The highest BCUT2D eigenvalue weighted by Crippen LogP contribution is 2.38. The standard InChI is InChI=1S/C20H29N3O3.CH2O2/c24-19-12-17-14-23(20(25)2-1-15-3-5-21-6-4-15)13-16(17)11-18(19)22-7-9-26-10-8-22;2-1-3/h3-6,16-19,24H,1-2,7-14H2;1H,(H,2,3)/t16-,17+,18-,19-;/m1./s1. The van der Waals surface area contributed by atoms with Crippen LogP contribution in [0.1, 0.15) is 24.8 Å². The van der Waals surface area contributed by atoms with E-state index in [4.69, 9.17) is 14.6 Å². The van der Waals surface area contributed by atoms with Crippen LogP contribution in [0.2, 0.25) is 0 Å². The Morgan fingerprint density at radius 1 is 1.17 bits per heavy atom. The number of pyridine rings is 1. The van der Waals surface area contributed by atoms with Crippen LogP contribution < -0.4 is 0 Å². The van der Waals surface area contributed by atoms with Gasteiger partial charge in [0.25, 0.3) is 6.47 Å². The highest BCUT2D eigenvalue weighted by Gasteiger charge is 2.44. The molecule has 3 aliphatic rings. The number of aliphatic hydroxyl groups is 1. The van der Waals surface area contributed by atoms with Crippen LogP contribution in [0, 0.1) is 11.8 Å². The van der Waals surface area contributed by atoms with Gasteiger partial charge in [-0.3, -0.25) is 19.5 Å². The molecule has 0 radical (unpaired) electrons. The number of hydrogen-bond acceptors (Lipinski definition) is 6. The molecule has 29 heavy (non-hydrogen) atoms. The second-order valence-electron chi connectivity index (χ2n) is 8.03. The lowest BCUT2D eigenvalue weighted by Gasteiger charge is -2.43. The van der Waals surface area contributed by atoms with Gasteiger partial charge < -0.3 is 19.8 Å². The van der Waals surface area contributed by atoms with Gasteiger partial charge in [-0.25, -0.2) is 0 Å². The van der Waals surface area contributed by atoms with E-state index in [1.807, 2.05) is 17.0 Å². The molecular weight excluding hydrogens is 374 g/mol. The van der Waals surface area contributed by atoms with Gasteiger partial charge in [0.15, 0.2) is 0 Å². The van der Waals surface area contributed by atoms with Gasteiger partial charge in [0.05, 0.1) is 19.3 Å². The van der Waals surface area contributed by atoms with E-state index in [2.05, 4.69) is 9.88 Å². The molecule has 2 aliphatic heterocycles. The van der Waals surface area contributed by atoms with Crippen LogP contribution in [-0.2, 0) is 20.7 Å². The van der Waals surface area contributed by atoms with E-state index >= 15 is 0 Å². The van der Waals surface area contributed by atoms with Crippen molar-refractivity contribution in [2.45, 2.75) is 37.8 Å². The number of hydrogen-bond donors (Lipinski definition) is 2. The highest BCUT2D eigenvalue weighted by atomic mass is 16.5. The van der Waals surface area contributed by atoms with E-state index in [1.54, 1.807) is 12.4 Å². The molecule has 2 N–H and O–H groups in total. The van der Waals surface area contributed by atoms with Crippen LogP contribution in [-0.4, -0.2) is 88.9 Å². The van der Waals surface area contributed by atoms with Crippen molar-refractivity contribution in [2.24, 2.45) is 11.8 Å². The molecule has 3 heterocycles. The zero-order chi connectivity index (χ0) is 20.6. The third-order valence-corrected chi connectivity index (χ3v) is 6.35. The molecule has 1 aromatic heterocycles. The lowest BCUT2D eigenvalue weighted by atomic mass is 9.77. The summed E-state index contributed by atoms with van der Waals surface area (Å²) in [6, 6.07) is 4.17. The largest absolute Gasteiger partial charge is 0.483 e. The average molecular weight is 405 g/mol. The van der Waals surface area contributed by atoms with Gasteiger partial charge in [0.1, 0.15) is 0 Å². The molecule has 0 bridgehead atoms. The monoisotopic (exact) mass is 405 g/mol. The highest BCUT2D eigenvalue weighted by molar-refractivity contribution is 5.76. The quantitative estimate of drug-likeness (QED) is 0.709. The van der Waals surface area contributed by atoms with E-state index in [1.165, 1.54) is 0 Å². The fraction of sp³-hybridized carbons (Fsp3) is 0.667. The zero-order valence-corrected chi connectivity index (χ0v) is 16.7. The Hall–Kier alpha value is -2.03. The summed E-state index contributed by atoms with van der Waals surface area (Å²) in [5.41, 5.74) is 1.16. The number of ether oxygens (including phenoxy) is 1. The molecule has 0 spiro atoms. The number of nitrogens with zero attached hydrogens (tertiary/aromatic N) is 3. The van der Waals surface area contributed by atoms with E-state index < -0.39 is 0 Å². The van der Waals surface area contributed by atoms with Gasteiger partial charge in [-0.05, 0) is 48.8 Å². The van der Waals surface area contributed by atoms with Gasteiger partial charge >= 0.3 is 0 Å². The summed E-state index contributed by atoms with van der Waals surface area (Å²) in [4.78, 5) is 29.4. The van der Waals surface area contributed by atoms with Crippen LogP contribution >= 0.6 is 0 Å². The lowest BCUT2D eigenvalue weighted by molar-refractivity contribution is -0.130. The molecule has 160 valence electrons. The van der Waals surface area contributed by atoms with E-state index in [9.17, 15) is 9.90 Å². The molecule has 2 saturated heterocycles. The molecule has 1 amide bonds. The number of fused-ring (bicyclic) bond motifs is 1. The summed E-state index contributed by atoms with van der Waals surface area (Å²) in [5.74, 6) is 1.22. The molecule has 4 atom stereocenters. The van der Waals surface area contributed by atoms with Crippen LogP contribution in [0.15, 0.2) is 24.5 Å². The number of aromatic nitrogens is 1. The zero-order valence-electron chi connectivity index (χ0n) is 16.7. The van der Waals surface area contributed by atoms with Crippen molar-refractivity contribution < 1.29 is 24.5 Å². The van der Waals surface area contributed by atoms with Crippen LogP contribution in [0.25, 0.3) is 0 Å². The minimum absolute atomic E-state index is 0.229. The summed E-state index contributed by atoms with van der Waals surface area (Å²) in [6.07, 6.45) is 6.42. The molecule has 1 aromatic rings. The first-order chi connectivity index (χ1) is 14.1. The van der Waals surface area contributed by atoms with Gasteiger partial charge in [-0.2, -0.15) is 0 Å². The summed E-state index contributed by atoms with van der Waals surface area (Å²) >= 11 is 0. The van der Waals surface area contributed by atoms with Crippen LogP contribution in [0.5, 0.6) is 0 Å². The second-order valence-corrected chi connectivity index (χ2v) is 8.03. The number of likely N-dealkylation sites (tertiary alicyclic amines) is 1. The van der Waals surface area contributed by atoms with Gasteiger partial charge in [0, 0.05) is 51.0 Å². The molecule has 0 unspecified atom stereocenters. The Balaban J connectivity index is 0.000000755. The van der Waals surface area contributed by atoms with Gasteiger partial charge in [0.2, 0.25) is 5.91 Å². The van der Waals surface area contributed by atoms with Crippen molar-refractivity contribution in [3.63, 3.8) is 0 Å². The Morgan fingerprint density at radius 2 is 1.79 bits per heavy atom. The molecule has 8 heteroatoms. The maximum absolute atomic E-state index is 12.6. The first-order valence-electron chi connectivity index (χ1n) is 10.4. The summed E-state index contributed by atoms with van der Waals surface area (Å²) in [6.45, 7) is 4.76. The molecule has 0 aromatic carbocycles. The van der Waals surface area contributed by atoms with Crippen molar-refractivity contribution in [1.82, 2.24) is 14.8 Å².